The van der Waals surface area contributed by atoms with Crippen molar-refractivity contribution in [2.24, 2.45) is 5.92 Å². The van der Waals surface area contributed by atoms with E-state index in [4.69, 9.17) is 9.47 Å². The Morgan fingerprint density at radius 1 is 1.17 bits per heavy atom. The molecule has 1 saturated heterocycles. The van der Waals surface area contributed by atoms with Gasteiger partial charge in [0.25, 0.3) is 5.91 Å². The minimum Gasteiger partial charge on any atom is -0.481 e. The number of amides is 2. The molecule has 2 aliphatic rings. The number of fused-ring (bicyclic) bond motifs is 1. The summed E-state index contributed by atoms with van der Waals surface area (Å²) in [5.74, 6) is 1.01. The Morgan fingerprint density at radius 3 is 2.61 bits per heavy atom. The van der Waals surface area contributed by atoms with Crippen molar-refractivity contribution in [3.05, 3.63) is 64.7 Å². The summed E-state index contributed by atoms with van der Waals surface area (Å²) in [6.07, 6.45) is 3.44. The topological polar surface area (TPSA) is 67.9 Å². The maximum Gasteiger partial charge on any atom is 0.261 e. The molecule has 0 aliphatic carbocycles. The highest BCUT2D eigenvalue weighted by molar-refractivity contribution is 5.81. The molecule has 1 N–H and O–H groups in total. The van der Waals surface area contributed by atoms with Gasteiger partial charge >= 0.3 is 0 Å². The summed E-state index contributed by atoms with van der Waals surface area (Å²) in [5.41, 5.74) is 4.58. The molecule has 1 fully saturated rings. The van der Waals surface area contributed by atoms with Gasteiger partial charge in [-0.15, -0.1) is 0 Å². The summed E-state index contributed by atoms with van der Waals surface area (Å²) in [4.78, 5) is 28.1. The number of nitrogens with zero attached hydrogens (tertiary/aromatic N) is 1. The molecule has 0 spiro atoms. The average Bonchev–Trinajstić information content (AvgIpc) is 3.39. The van der Waals surface area contributed by atoms with Crippen LogP contribution in [0.1, 0.15) is 74.8 Å². The lowest BCUT2D eigenvalue weighted by molar-refractivity contribution is -0.134. The van der Waals surface area contributed by atoms with Crippen molar-refractivity contribution in [1.29, 1.82) is 0 Å². The number of nitrogens with one attached hydrogen (secondary N) is 1. The molecule has 2 amide bonds. The van der Waals surface area contributed by atoms with Crippen LogP contribution < -0.4 is 10.1 Å². The van der Waals surface area contributed by atoms with Crippen molar-refractivity contribution in [2.45, 2.75) is 78.0 Å². The van der Waals surface area contributed by atoms with E-state index in [1.807, 2.05) is 24.0 Å². The van der Waals surface area contributed by atoms with Gasteiger partial charge in [0.2, 0.25) is 5.91 Å². The van der Waals surface area contributed by atoms with Gasteiger partial charge in [-0.3, -0.25) is 9.59 Å². The summed E-state index contributed by atoms with van der Waals surface area (Å²) in [6.45, 7) is 10.2. The van der Waals surface area contributed by atoms with Crippen LogP contribution in [0.5, 0.6) is 5.75 Å². The van der Waals surface area contributed by atoms with Crippen molar-refractivity contribution >= 4 is 11.8 Å². The fourth-order valence-corrected chi connectivity index (χ4v) is 5.13. The van der Waals surface area contributed by atoms with E-state index < -0.39 is 6.10 Å². The van der Waals surface area contributed by atoms with E-state index in [0.29, 0.717) is 37.6 Å². The predicted octanol–water partition coefficient (Wildman–Crippen LogP) is 4.97. The molecule has 0 saturated carbocycles. The van der Waals surface area contributed by atoms with Crippen LogP contribution in [-0.2, 0) is 20.7 Å². The number of hydrogen-bond acceptors (Lipinski definition) is 4. The van der Waals surface area contributed by atoms with Crippen molar-refractivity contribution in [1.82, 2.24) is 10.2 Å². The minimum atomic E-state index is -0.579. The Kier molecular flexibility index (Phi) is 8.68. The second-order valence-electron chi connectivity index (χ2n) is 10.5. The molecular weight excluding hydrogens is 452 g/mol. The summed E-state index contributed by atoms with van der Waals surface area (Å²) < 4.78 is 11.8. The van der Waals surface area contributed by atoms with Crippen molar-refractivity contribution in [2.75, 3.05) is 19.7 Å². The Hall–Kier alpha value is -2.86. The highest BCUT2D eigenvalue weighted by Crippen LogP contribution is 2.38. The summed E-state index contributed by atoms with van der Waals surface area (Å²) in [7, 11) is 0. The molecule has 2 aliphatic heterocycles. The molecule has 194 valence electrons. The minimum absolute atomic E-state index is 0.0971. The fourth-order valence-electron chi connectivity index (χ4n) is 5.13. The van der Waals surface area contributed by atoms with Crippen LogP contribution in [0.15, 0.2) is 42.5 Å². The Morgan fingerprint density at radius 2 is 1.94 bits per heavy atom. The zero-order valence-electron chi connectivity index (χ0n) is 22.1. The van der Waals surface area contributed by atoms with Crippen molar-refractivity contribution < 1.29 is 19.1 Å². The van der Waals surface area contributed by atoms with Crippen LogP contribution in [0.25, 0.3) is 0 Å². The van der Waals surface area contributed by atoms with Gasteiger partial charge in [-0.25, -0.2) is 0 Å². The van der Waals surface area contributed by atoms with Crippen LogP contribution in [0.3, 0.4) is 0 Å². The number of benzene rings is 2. The molecule has 0 radical (unpaired) electrons. The van der Waals surface area contributed by atoms with Gasteiger partial charge in [-0.05, 0) is 67.3 Å². The SMILES string of the molecule is CCC(Oc1ccc2c(c1)C(c1ccc(C)cc1)N(C(=O)CC(C)C)CC2)C(=O)NCC1CCCO1. The number of hydrogen-bond donors (Lipinski definition) is 1. The standard InChI is InChI=1S/C30H40N2O4/c1-5-27(30(34)31-19-25-7-6-16-35-25)36-24-13-12-22-14-15-32(28(33)17-20(2)3)29(26(22)18-24)23-10-8-21(4)9-11-23/h8-13,18,20,25,27,29H,5-7,14-17,19H2,1-4H3,(H,31,34). The number of rotatable bonds is 9. The first-order valence-electron chi connectivity index (χ1n) is 13.4. The fraction of sp³-hybridized carbons (Fsp3) is 0.533. The number of ether oxygens (including phenoxy) is 2. The van der Waals surface area contributed by atoms with E-state index in [1.165, 1.54) is 11.1 Å². The molecule has 2 aromatic rings. The van der Waals surface area contributed by atoms with Crippen molar-refractivity contribution in [3.8, 4) is 5.75 Å². The third-order valence-electron chi connectivity index (χ3n) is 7.11. The maximum atomic E-state index is 13.3. The molecule has 2 heterocycles. The van der Waals surface area contributed by atoms with Crippen molar-refractivity contribution in [3.63, 3.8) is 0 Å². The molecule has 6 nitrogen and oxygen atoms in total. The quantitative estimate of drug-likeness (QED) is 0.537. The van der Waals surface area contributed by atoms with Gasteiger partial charge in [-0.1, -0.05) is 56.7 Å². The summed E-state index contributed by atoms with van der Waals surface area (Å²) >= 11 is 0. The first kappa shape index (κ1) is 26.2. The van der Waals surface area contributed by atoms with Gasteiger partial charge in [-0.2, -0.15) is 0 Å². The second kappa shape index (κ2) is 11.9. The molecule has 3 unspecified atom stereocenters. The first-order chi connectivity index (χ1) is 17.4. The molecule has 2 aromatic carbocycles. The van der Waals surface area contributed by atoms with Gasteiger partial charge in [0.1, 0.15) is 5.75 Å². The Balaban J connectivity index is 1.58. The lowest BCUT2D eigenvalue weighted by Gasteiger charge is -2.38. The monoisotopic (exact) mass is 492 g/mol. The molecule has 0 aromatic heterocycles. The molecule has 6 heteroatoms. The van der Waals surface area contributed by atoms with E-state index in [0.717, 1.165) is 37.0 Å². The molecular formula is C30H40N2O4. The maximum absolute atomic E-state index is 13.3. The number of aryl methyl sites for hydroxylation is 1. The van der Waals surface area contributed by atoms with Gasteiger partial charge < -0.3 is 19.7 Å². The van der Waals surface area contributed by atoms with Crippen LogP contribution in [0, 0.1) is 12.8 Å². The molecule has 0 bridgehead atoms. The van der Waals surface area contributed by atoms with Gasteiger partial charge in [0, 0.05) is 26.1 Å². The Labute approximate surface area is 215 Å². The van der Waals surface area contributed by atoms with E-state index in [9.17, 15) is 9.59 Å². The molecule has 4 rings (SSSR count). The first-order valence-corrected chi connectivity index (χ1v) is 13.4. The van der Waals surface area contributed by atoms with Crippen LogP contribution in [-0.4, -0.2) is 48.6 Å². The van der Waals surface area contributed by atoms with E-state index in [1.54, 1.807) is 0 Å². The summed E-state index contributed by atoms with van der Waals surface area (Å²) in [5, 5.41) is 3.00. The van der Waals surface area contributed by atoms with Crippen LogP contribution in [0.2, 0.25) is 0 Å². The van der Waals surface area contributed by atoms with E-state index in [-0.39, 0.29) is 24.0 Å². The lowest BCUT2D eigenvalue weighted by Crippen LogP contribution is -2.42. The van der Waals surface area contributed by atoms with Gasteiger partial charge in [0.05, 0.1) is 12.1 Å². The average molecular weight is 493 g/mol. The molecule has 3 atom stereocenters. The van der Waals surface area contributed by atoms with Gasteiger partial charge in [0.15, 0.2) is 6.10 Å². The second-order valence-corrected chi connectivity index (χ2v) is 10.5. The smallest absolute Gasteiger partial charge is 0.261 e. The number of carbonyl (C=O) groups is 2. The van der Waals surface area contributed by atoms with E-state index in [2.05, 4.69) is 56.4 Å². The largest absolute Gasteiger partial charge is 0.481 e. The summed E-state index contributed by atoms with van der Waals surface area (Å²) in [6, 6.07) is 14.3. The zero-order chi connectivity index (χ0) is 25.7. The number of carbonyl (C=O) groups excluding carboxylic acids is 2. The zero-order valence-corrected chi connectivity index (χ0v) is 22.1. The predicted molar refractivity (Wildman–Crippen MR) is 141 cm³/mol. The Bertz CT molecular complexity index is 1040. The highest BCUT2D eigenvalue weighted by atomic mass is 16.5. The lowest BCUT2D eigenvalue weighted by atomic mass is 9.87. The third kappa shape index (κ3) is 6.28. The molecule has 36 heavy (non-hydrogen) atoms. The highest BCUT2D eigenvalue weighted by Gasteiger charge is 2.33. The normalized spacial score (nSPS) is 20.2. The van der Waals surface area contributed by atoms with Crippen LogP contribution in [0.4, 0.5) is 0 Å². The van der Waals surface area contributed by atoms with Crippen LogP contribution >= 0.6 is 0 Å². The third-order valence-corrected chi connectivity index (χ3v) is 7.11. The van der Waals surface area contributed by atoms with E-state index >= 15 is 0 Å².